The second-order valence-electron chi connectivity index (χ2n) is 4.84. The van der Waals surface area contributed by atoms with E-state index in [1.165, 1.54) is 16.7 Å². The van der Waals surface area contributed by atoms with E-state index in [2.05, 4.69) is 33.8 Å². The van der Waals surface area contributed by atoms with Crippen LogP contribution in [0.2, 0.25) is 0 Å². The Labute approximate surface area is 81.2 Å². The predicted octanol–water partition coefficient (Wildman–Crippen LogP) is 3.06. The van der Waals surface area contributed by atoms with Crippen molar-refractivity contribution in [3.63, 3.8) is 0 Å². The zero-order valence-corrected chi connectivity index (χ0v) is 9.52. The highest BCUT2D eigenvalue weighted by Gasteiger charge is 2.42. The molecule has 1 aliphatic carbocycles. The molecule has 0 heterocycles. The van der Waals surface area contributed by atoms with Gasteiger partial charge in [0, 0.05) is 5.41 Å². The molecule has 0 spiro atoms. The van der Waals surface area contributed by atoms with E-state index in [4.69, 9.17) is 0 Å². The van der Waals surface area contributed by atoms with Gasteiger partial charge in [0.25, 0.3) is 0 Å². The molecule has 13 heavy (non-hydrogen) atoms. The Kier molecular flexibility index (Phi) is 2.20. The zero-order chi connectivity index (χ0) is 10.4. The Morgan fingerprint density at radius 2 is 1.69 bits per heavy atom. The van der Waals surface area contributed by atoms with Gasteiger partial charge in [-0.05, 0) is 47.1 Å². The minimum absolute atomic E-state index is 0.193. The lowest BCUT2D eigenvalue weighted by molar-refractivity contribution is 0.00295. The van der Waals surface area contributed by atoms with E-state index in [0.29, 0.717) is 0 Å². The van der Waals surface area contributed by atoms with E-state index in [1.54, 1.807) is 0 Å². The first-order chi connectivity index (χ1) is 5.70. The topological polar surface area (TPSA) is 20.2 Å². The summed E-state index contributed by atoms with van der Waals surface area (Å²) >= 11 is 0. The van der Waals surface area contributed by atoms with Crippen molar-refractivity contribution in [3.8, 4) is 0 Å². The summed E-state index contributed by atoms with van der Waals surface area (Å²) in [5.41, 5.74) is 3.03. The minimum atomic E-state index is -0.684. The molecule has 1 unspecified atom stereocenters. The Balaban J connectivity index is 3.25. The molecule has 0 bridgehead atoms. The van der Waals surface area contributed by atoms with Gasteiger partial charge in [0.05, 0.1) is 5.60 Å². The van der Waals surface area contributed by atoms with E-state index in [-0.39, 0.29) is 5.41 Å². The van der Waals surface area contributed by atoms with Gasteiger partial charge >= 0.3 is 0 Å². The fourth-order valence-corrected chi connectivity index (χ4v) is 1.97. The fraction of sp³-hybridized carbons (Fsp3) is 0.667. The number of hydrogen-bond acceptors (Lipinski definition) is 1. The molecule has 0 amide bonds. The molecule has 0 saturated heterocycles. The molecule has 0 aromatic carbocycles. The first kappa shape index (κ1) is 10.5. The van der Waals surface area contributed by atoms with Crippen LogP contribution >= 0.6 is 0 Å². The van der Waals surface area contributed by atoms with E-state index in [0.717, 1.165) is 0 Å². The Morgan fingerprint density at radius 1 is 1.23 bits per heavy atom. The van der Waals surface area contributed by atoms with E-state index in [1.807, 2.05) is 13.8 Å². The molecule has 1 nitrogen and oxygen atoms in total. The number of allylic oxidation sites excluding steroid dienone is 2. The average Bonchev–Trinajstić information content (AvgIpc) is 2.15. The lowest BCUT2D eigenvalue weighted by Crippen LogP contribution is -2.39. The van der Waals surface area contributed by atoms with Crippen molar-refractivity contribution in [1.82, 2.24) is 0 Å². The van der Waals surface area contributed by atoms with Crippen LogP contribution in [0, 0.1) is 5.41 Å². The molecule has 0 saturated carbocycles. The smallest absolute Gasteiger partial charge is 0.0716 e. The monoisotopic (exact) mass is 180 g/mol. The highest BCUT2D eigenvalue weighted by atomic mass is 16.3. The van der Waals surface area contributed by atoms with Gasteiger partial charge in [0.15, 0.2) is 0 Å². The number of hydrogen-bond donors (Lipinski definition) is 1. The van der Waals surface area contributed by atoms with E-state index >= 15 is 0 Å². The maximum atomic E-state index is 10.1. The quantitative estimate of drug-likeness (QED) is 0.657. The van der Waals surface area contributed by atoms with Crippen molar-refractivity contribution in [2.45, 2.75) is 47.1 Å². The standard InChI is InChI=1S/C12H20O/c1-8-7-12(6,11(4,5)13)10(3)9(8)2/h7,13H,1-6H3. The third kappa shape index (κ3) is 1.35. The van der Waals surface area contributed by atoms with Gasteiger partial charge in [0.1, 0.15) is 0 Å². The fourth-order valence-electron chi connectivity index (χ4n) is 1.97. The molecule has 0 aliphatic heterocycles. The van der Waals surface area contributed by atoms with Crippen LogP contribution in [-0.4, -0.2) is 10.7 Å². The van der Waals surface area contributed by atoms with Gasteiger partial charge in [-0.15, -0.1) is 0 Å². The molecule has 0 fully saturated rings. The average molecular weight is 180 g/mol. The summed E-state index contributed by atoms with van der Waals surface area (Å²) in [6.45, 7) is 12.2. The third-order valence-electron chi connectivity index (χ3n) is 3.71. The minimum Gasteiger partial charge on any atom is -0.389 e. The second kappa shape index (κ2) is 2.71. The van der Waals surface area contributed by atoms with Gasteiger partial charge < -0.3 is 5.11 Å². The highest BCUT2D eigenvalue weighted by molar-refractivity contribution is 5.46. The number of rotatable bonds is 1. The molecule has 1 aliphatic rings. The molecular formula is C12H20O. The summed E-state index contributed by atoms with van der Waals surface area (Å²) in [5.74, 6) is 0. The Hall–Kier alpha value is -0.560. The van der Waals surface area contributed by atoms with Gasteiger partial charge in [-0.3, -0.25) is 0 Å². The number of aliphatic hydroxyl groups is 1. The summed E-state index contributed by atoms with van der Waals surface area (Å²) in [5, 5.41) is 10.1. The van der Waals surface area contributed by atoms with Crippen LogP contribution < -0.4 is 0 Å². The van der Waals surface area contributed by atoms with Crippen LogP contribution in [0.5, 0.6) is 0 Å². The van der Waals surface area contributed by atoms with Crippen molar-refractivity contribution >= 4 is 0 Å². The molecular weight excluding hydrogens is 160 g/mol. The predicted molar refractivity (Wildman–Crippen MR) is 56.5 cm³/mol. The Morgan fingerprint density at radius 3 is 1.85 bits per heavy atom. The maximum absolute atomic E-state index is 10.1. The van der Waals surface area contributed by atoms with Gasteiger partial charge in [-0.2, -0.15) is 0 Å². The molecule has 1 N–H and O–H groups in total. The molecule has 1 atom stereocenters. The van der Waals surface area contributed by atoms with Crippen molar-refractivity contribution in [2.75, 3.05) is 0 Å². The molecule has 1 rings (SSSR count). The SMILES string of the molecule is CC1=CC(C)(C(C)(C)O)C(C)=C1C. The normalized spacial score (nSPS) is 29.6. The van der Waals surface area contributed by atoms with Crippen LogP contribution in [0.1, 0.15) is 41.5 Å². The van der Waals surface area contributed by atoms with Gasteiger partial charge in [-0.1, -0.05) is 17.2 Å². The molecule has 1 heteroatoms. The van der Waals surface area contributed by atoms with Gasteiger partial charge in [0.2, 0.25) is 0 Å². The highest BCUT2D eigenvalue weighted by Crippen LogP contribution is 2.47. The zero-order valence-electron chi connectivity index (χ0n) is 9.52. The molecule has 74 valence electrons. The van der Waals surface area contributed by atoms with E-state index < -0.39 is 5.60 Å². The van der Waals surface area contributed by atoms with E-state index in [9.17, 15) is 5.11 Å². The summed E-state index contributed by atoms with van der Waals surface area (Å²) in [7, 11) is 0. The largest absolute Gasteiger partial charge is 0.389 e. The van der Waals surface area contributed by atoms with Crippen LogP contribution in [0.3, 0.4) is 0 Å². The van der Waals surface area contributed by atoms with Crippen LogP contribution in [0.4, 0.5) is 0 Å². The summed E-state index contributed by atoms with van der Waals surface area (Å²) in [4.78, 5) is 0. The lowest BCUT2D eigenvalue weighted by atomic mass is 9.72. The van der Waals surface area contributed by atoms with Crippen molar-refractivity contribution in [3.05, 3.63) is 22.8 Å². The Bertz CT molecular complexity index is 289. The first-order valence-electron chi connectivity index (χ1n) is 4.80. The van der Waals surface area contributed by atoms with Crippen LogP contribution in [0.15, 0.2) is 22.8 Å². The van der Waals surface area contributed by atoms with Crippen molar-refractivity contribution < 1.29 is 5.11 Å². The molecule has 0 aromatic rings. The molecule has 0 radical (unpaired) electrons. The first-order valence-corrected chi connectivity index (χ1v) is 4.80. The second-order valence-corrected chi connectivity index (χ2v) is 4.84. The third-order valence-corrected chi connectivity index (χ3v) is 3.71. The van der Waals surface area contributed by atoms with Crippen LogP contribution in [-0.2, 0) is 0 Å². The van der Waals surface area contributed by atoms with Crippen molar-refractivity contribution in [2.24, 2.45) is 5.41 Å². The maximum Gasteiger partial charge on any atom is 0.0716 e. The summed E-state index contributed by atoms with van der Waals surface area (Å²) in [6, 6.07) is 0. The van der Waals surface area contributed by atoms with Crippen LogP contribution in [0.25, 0.3) is 0 Å². The summed E-state index contributed by atoms with van der Waals surface area (Å²) < 4.78 is 0. The van der Waals surface area contributed by atoms with Crippen molar-refractivity contribution in [1.29, 1.82) is 0 Å². The lowest BCUT2D eigenvalue weighted by Gasteiger charge is -2.37. The van der Waals surface area contributed by atoms with Gasteiger partial charge in [-0.25, -0.2) is 0 Å². The molecule has 0 aromatic heterocycles. The summed E-state index contributed by atoms with van der Waals surface area (Å²) in [6.07, 6.45) is 2.18.